The van der Waals surface area contributed by atoms with Crippen LogP contribution < -0.4 is 14.2 Å². The van der Waals surface area contributed by atoms with Gasteiger partial charge in [0.05, 0.1) is 7.11 Å². The highest BCUT2D eigenvalue weighted by Gasteiger charge is 2.38. The number of aliphatic hydroxyl groups is 1. The Balaban J connectivity index is 1.28. The Bertz CT molecular complexity index is 1270. The van der Waals surface area contributed by atoms with E-state index >= 15 is 0 Å². The fourth-order valence-electron chi connectivity index (χ4n) is 5.51. The average Bonchev–Trinajstić information content (AvgIpc) is 2.96. The topological polar surface area (TPSA) is 51.2 Å². The van der Waals surface area contributed by atoms with Crippen molar-refractivity contribution in [2.45, 2.75) is 50.8 Å². The van der Waals surface area contributed by atoms with E-state index in [0.717, 1.165) is 55.0 Å². The normalized spacial score (nSPS) is 20.4. The summed E-state index contributed by atoms with van der Waals surface area (Å²) in [6.07, 6.45) is -2.55. The lowest BCUT2D eigenvalue weighted by Crippen LogP contribution is -2.49. The van der Waals surface area contributed by atoms with Crippen LogP contribution >= 0.6 is 0 Å². The first kappa shape index (κ1) is 30.7. The van der Waals surface area contributed by atoms with Gasteiger partial charge in [-0.05, 0) is 84.2 Å². The van der Waals surface area contributed by atoms with Crippen molar-refractivity contribution in [2.75, 3.05) is 40.0 Å². The molecule has 4 rings (SSSR count). The average molecular weight is 572 g/mol. The highest BCUT2D eigenvalue weighted by atomic mass is 19.4. The minimum absolute atomic E-state index is 0.191. The molecule has 1 heterocycles. The minimum Gasteiger partial charge on any atom is -0.497 e. The zero-order chi connectivity index (χ0) is 29.5. The third-order valence-electron chi connectivity index (χ3n) is 8.15. The molecule has 0 bridgehead atoms. The Morgan fingerprint density at radius 3 is 2.49 bits per heavy atom. The van der Waals surface area contributed by atoms with Crippen molar-refractivity contribution in [1.29, 1.82) is 0 Å². The van der Waals surface area contributed by atoms with Gasteiger partial charge >= 0.3 is 6.18 Å². The summed E-state index contributed by atoms with van der Waals surface area (Å²) in [5.74, 6) is 2.07. The van der Waals surface area contributed by atoms with Crippen molar-refractivity contribution in [3.8, 4) is 17.2 Å². The molecule has 1 saturated heterocycles. The molecule has 1 aliphatic rings. The Morgan fingerprint density at radius 1 is 0.976 bits per heavy atom. The molecule has 1 N–H and O–H groups in total. The molecule has 8 heteroatoms. The lowest BCUT2D eigenvalue weighted by molar-refractivity contribution is -0.153. The van der Waals surface area contributed by atoms with Gasteiger partial charge in [0.2, 0.25) is 0 Å². The molecular weight excluding hydrogens is 531 g/mol. The number of likely N-dealkylation sites (tertiary alicyclic amines) is 1. The van der Waals surface area contributed by atoms with Gasteiger partial charge in [-0.25, -0.2) is 0 Å². The van der Waals surface area contributed by atoms with Gasteiger partial charge in [0, 0.05) is 13.1 Å². The van der Waals surface area contributed by atoms with E-state index in [1.807, 2.05) is 42.5 Å². The summed E-state index contributed by atoms with van der Waals surface area (Å²) >= 11 is 0. The highest BCUT2D eigenvalue weighted by Crippen LogP contribution is 2.40. The number of alkyl halides is 3. The van der Waals surface area contributed by atoms with Crippen molar-refractivity contribution in [3.63, 3.8) is 0 Å². The number of ether oxygens (including phenoxy) is 3. The monoisotopic (exact) mass is 571 g/mol. The van der Waals surface area contributed by atoms with Gasteiger partial charge in [-0.15, -0.1) is 0 Å². The summed E-state index contributed by atoms with van der Waals surface area (Å²) in [6, 6.07) is 23.0. The van der Waals surface area contributed by atoms with Crippen LogP contribution in [0.5, 0.6) is 17.2 Å². The summed E-state index contributed by atoms with van der Waals surface area (Å²) in [7, 11) is 1.66. The lowest BCUT2D eigenvalue weighted by atomic mass is 9.68. The van der Waals surface area contributed by atoms with E-state index < -0.39 is 18.9 Å². The zero-order valence-corrected chi connectivity index (χ0v) is 24.0. The van der Waals surface area contributed by atoms with Gasteiger partial charge in [-0.1, -0.05) is 56.3 Å². The summed E-state index contributed by atoms with van der Waals surface area (Å²) < 4.78 is 54.2. The first-order chi connectivity index (χ1) is 19.6. The van der Waals surface area contributed by atoms with E-state index in [9.17, 15) is 18.3 Å². The number of hydrogen-bond donors (Lipinski definition) is 1. The van der Waals surface area contributed by atoms with Crippen molar-refractivity contribution < 1.29 is 32.5 Å². The molecule has 1 unspecified atom stereocenters. The third kappa shape index (κ3) is 8.63. The molecule has 0 saturated carbocycles. The van der Waals surface area contributed by atoms with Crippen molar-refractivity contribution >= 4 is 0 Å². The minimum atomic E-state index is -4.37. The zero-order valence-electron chi connectivity index (χ0n) is 24.0. The highest BCUT2D eigenvalue weighted by molar-refractivity contribution is 5.36. The maximum Gasteiger partial charge on any atom is 0.422 e. The van der Waals surface area contributed by atoms with Crippen molar-refractivity contribution in [2.24, 2.45) is 5.92 Å². The van der Waals surface area contributed by atoms with Gasteiger partial charge in [-0.2, -0.15) is 13.2 Å². The molecule has 0 spiro atoms. The first-order valence-electron chi connectivity index (χ1n) is 14.1. The van der Waals surface area contributed by atoms with Crippen LogP contribution in [-0.4, -0.2) is 62.2 Å². The van der Waals surface area contributed by atoms with E-state index in [4.69, 9.17) is 14.2 Å². The van der Waals surface area contributed by atoms with Gasteiger partial charge in [-0.3, -0.25) is 0 Å². The van der Waals surface area contributed by atoms with Crippen LogP contribution in [0.3, 0.4) is 0 Å². The Kier molecular flexibility index (Phi) is 10.2. The maximum atomic E-state index is 12.6. The molecular formula is C33H40F3NO4. The molecule has 1 aliphatic heterocycles. The number of aliphatic hydroxyl groups excluding tert-OH is 1. The largest absolute Gasteiger partial charge is 0.497 e. The van der Waals surface area contributed by atoms with Gasteiger partial charge < -0.3 is 24.2 Å². The number of halogens is 3. The third-order valence-corrected chi connectivity index (χ3v) is 8.15. The number of piperidine rings is 1. The second-order valence-corrected chi connectivity index (χ2v) is 11.2. The van der Waals surface area contributed by atoms with E-state index in [2.05, 4.69) is 30.9 Å². The van der Waals surface area contributed by atoms with Gasteiger partial charge in [0.1, 0.15) is 30.0 Å². The summed E-state index contributed by atoms with van der Waals surface area (Å²) in [4.78, 5) is 2.24. The number of β-amino-alcohol motifs (C(OH)–C–C–N with tert-alkyl or cyclic N) is 1. The molecule has 41 heavy (non-hydrogen) atoms. The van der Waals surface area contributed by atoms with Gasteiger partial charge in [0.15, 0.2) is 6.61 Å². The lowest BCUT2D eigenvalue weighted by Gasteiger charge is -2.45. The van der Waals surface area contributed by atoms with E-state index in [1.165, 1.54) is 5.56 Å². The predicted molar refractivity (Wildman–Crippen MR) is 154 cm³/mol. The molecule has 3 aromatic carbocycles. The maximum absolute atomic E-state index is 12.6. The molecule has 5 nitrogen and oxygen atoms in total. The number of hydrogen-bond acceptors (Lipinski definition) is 5. The molecule has 222 valence electrons. The summed E-state index contributed by atoms with van der Waals surface area (Å²) in [5, 5.41) is 10.8. The molecule has 1 fully saturated rings. The predicted octanol–water partition coefficient (Wildman–Crippen LogP) is 6.46. The quantitative estimate of drug-likeness (QED) is 0.270. The van der Waals surface area contributed by atoms with Crippen LogP contribution in [0.4, 0.5) is 13.2 Å². The standard InChI is InChI=1S/C33H40F3NO4/c1-24-20-37(17-16-32(24,2)27-10-7-12-30(19-27)41-23-33(34,35)36)21-28(38)22-40-31-13-5-4-9-26(31)15-14-25-8-6-11-29(18-25)39-3/h4-13,18-19,24,28,38H,14-17,20-23H2,1-3H3/t24-,28?,32+/m0/s1. The number of nitrogens with zero attached hydrogens (tertiary/aromatic N) is 1. The van der Waals surface area contributed by atoms with E-state index in [1.54, 1.807) is 25.3 Å². The number of benzene rings is 3. The molecule has 3 aromatic rings. The molecule has 0 aliphatic carbocycles. The van der Waals surface area contributed by atoms with Crippen molar-refractivity contribution in [1.82, 2.24) is 4.90 Å². The van der Waals surface area contributed by atoms with Crippen LogP contribution in [0, 0.1) is 5.92 Å². The Hall–Kier alpha value is -3.23. The molecule has 3 atom stereocenters. The SMILES string of the molecule is COc1cccc(CCc2ccccc2OCC(O)CN2CC[C@@](C)(c3cccc(OCC(F)(F)F)c3)[C@@H](C)C2)c1. The van der Waals surface area contributed by atoms with Crippen LogP contribution in [0.1, 0.15) is 37.0 Å². The Labute approximate surface area is 240 Å². The molecule has 0 radical (unpaired) electrons. The second-order valence-electron chi connectivity index (χ2n) is 11.2. The number of para-hydroxylation sites is 1. The second kappa shape index (κ2) is 13.6. The van der Waals surface area contributed by atoms with Crippen LogP contribution in [0.25, 0.3) is 0 Å². The molecule has 0 amide bonds. The number of rotatable bonds is 12. The Morgan fingerprint density at radius 2 is 1.73 bits per heavy atom. The fourth-order valence-corrected chi connectivity index (χ4v) is 5.51. The van der Waals surface area contributed by atoms with E-state index in [-0.39, 0.29) is 23.7 Å². The van der Waals surface area contributed by atoms with Crippen LogP contribution in [0.2, 0.25) is 0 Å². The van der Waals surface area contributed by atoms with E-state index in [0.29, 0.717) is 6.54 Å². The smallest absolute Gasteiger partial charge is 0.422 e. The molecule has 0 aromatic heterocycles. The van der Waals surface area contributed by atoms with Gasteiger partial charge in [0.25, 0.3) is 0 Å². The van der Waals surface area contributed by atoms with Crippen LogP contribution in [-0.2, 0) is 18.3 Å². The fraction of sp³-hybridized carbons (Fsp3) is 0.455. The summed E-state index contributed by atoms with van der Waals surface area (Å²) in [6.45, 7) is 5.21. The van der Waals surface area contributed by atoms with Crippen molar-refractivity contribution in [3.05, 3.63) is 89.5 Å². The number of methoxy groups -OCH3 is 1. The summed E-state index contributed by atoms with van der Waals surface area (Å²) in [5.41, 5.74) is 3.04. The first-order valence-corrected chi connectivity index (χ1v) is 14.1. The number of aryl methyl sites for hydroxylation is 2. The van der Waals surface area contributed by atoms with Crippen LogP contribution in [0.15, 0.2) is 72.8 Å².